The molecular formula is C14H12ClN3O4. The monoisotopic (exact) mass is 321 g/mol. The molecule has 0 aliphatic heterocycles. The van der Waals surface area contributed by atoms with E-state index in [9.17, 15) is 14.9 Å². The Morgan fingerprint density at radius 2 is 2.05 bits per heavy atom. The fourth-order valence-electron chi connectivity index (χ4n) is 1.88. The van der Waals surface area contributed by atoms with Gasteiger partial charge in [-0.15, -0.1) is 0 Å². The lowest BCUT2D eigenvalue weighted by Crippen LogP contribution is -2.23. The van der Waals surface area contributed by atoms with Crippen molar-refractivity contribution >= 4 is 23.4 Å². The van der Waals surface area contributed by atoms with Crippen molar-refractivity contribution in [3.05, 3.63) is 57.2 Å². The van der Waals surface area contributed by atoms with Gasteiger partial charge in [-0.3, -0.25) is 10.1 Å². The Hall–Kier alpha value is -2.67. The number of hydrogen-bond acceptors (Lipinski definition) is 4. The highest BCUT2D eigenvalue weighted by Crippen LogP contribution is 2.28. The summed E-state index contributed by atoms with van der Waals surface area (Å²) in [7, 11) is 0. The van der Waals surface area contributed by atoms with Crippen LogP contribution in [0, 0.1) is 10.1 Å². The van der Waals surface area contributed by atoms with Gasteiger partial charge in [-0.2, -0.15) is 0 Å². The Kier molecular flexibility index (Phi) is 4.90. The molecule has 2 rings (SSSR count). The number of nitrogens with zero attached hydrogens (tertiary/aromatic N) is 2. The number of benzene rings is 1. The number of aromatic nitrogens is 1. The van der Waals surface area contributed by atoms with E-state index in [2.05, 4.69) is 10.3 Å². The number of carboxylic acid groups (broad SMARTS) is 1. The first-order chi connectivity index (χ1) is 10.5. The van der Waals surface area contributed by atoms with Gasteiger partial charge in [0.05, 0.1) is 15.6 Å². The van der Waals surface area contributed by atoms with Crippen LogP contribution >= 0.6 is 11.6 Å². The molecule has 22 heavy (non-hydrogen) atoms. The van der Waals surface area contributed by atoms with E-state index < -0.39 is 11.0 Å². The molecule has 7 nitrogen and oxygen atoms in total. The Morgan fingerprint density at radius 1 is 1.36 bits per heavy atom. The molecule has 0 saturated heterocycles. The average molecular weight is 322 g/mol. The second-order valence-electron chi connectivity index (χ2n) is 4.46. The Bertz CT molecular complexity index is 704. The molecule has 0 radical (unpaired) electrons. The quantitative estimate of drug-likeness (QED) is 0.650. The maximum Gasteiger partial charge on any atom is 0.404 e. The van der Waals surface area contributed by atoms with Crippen molar-refractivity contribution in [2.45, 2.75) is 6.42 Å². The molecule has 1 aromatic carbocycles. The van der Waals surface area contributed by atoms with Crippen LogP contribution in [0.1, 0.15) is 5.56 Å². The molecule has 0 spiro atoms. The maximum atomic E-state index is 10.7. The van der Waals surface area contributed by atoms with Gasteiger partial charge in [0.15, 0.2) is 0 Å². The largest absolute Gasteiger partial charge is 0.465 e. The van der Waals surface area contributed by atoms with Gasteiger partial charge < -0.3 is 10.4 Å². The summed E-state index contributed by atoms with van der Waals surface area (Å²) in [5, 5.41) is 21.6. The normalized spacial score (nSPS) is 10.2. The Morgan fingerprint density at radius 3 is 2.59 bits per heavy atom. The Balaban J connectivity index is 2.13. The van der Waals surface area contributed by atoms with Crippen molar-refractivity contribution in [1.82, 2.24) is 10.3 Å². The number of carbonyl (C=O) groups is 1. The molecule has 0 unspecified atom stereocenters. The predicted molar refractivity (Wildman–Crippen MR) is 81.1 cm³/mol. The number of amides is 1. The van der Waals surface area contributed by atoms with Gasteiger partial charge in [-0.1, -0.05) is 35.9 Å². The van der Waals surface area contributed by atoms with Crippen molar-refractivity contribution in [1.29, 1.82) is 0 Å². The van der Waals surface area contributed by atoms with Crippen molar-refractivity contribution in [2.24, 2.45) is 0 Å². The minimum Gasteiger partial charge on any atom is -0.465 e. The second kappa shape index (κ2) is 6.86. The van der Waals surface area contributed by atoms with E-state index in [1.165, 1.54) is 6.07 Å². The van der Waals surface area contributed by atoms with Gasteiger partial charge in [0.25, 0.3) is 5.69 Å². The van der Waals surface area contributed by atoms with Crippen LogP contribution in [0.3, 0.4) is 0 Å². The standard InChI is InChI=1S/C14H12ClN3O4/c15-12-7-11(18(21)22)8-17-13(12)10-3-1-9(2-4-10)5-6-16-14(19)20/h1-4,7-8,16H,5-6H2,(H,19,20). The van der Waals surface area contributed by atoms with Crippen LogP contribution in [0.2, 0.25) is 5.02 Å². The fourth-order valence-corrected chi connectivity index (χ4v) is 2.15. The summed E-state index contributed by atoms with van der Waals surface area (Å²) in [6, 6.07) is 8.50. The maximum absolute atomic E-state index is 10.7. The van der Waals surface area contributed by atoms with Gasteiger partial charge in [0, 0.05) is 18.2 Å². The molecule has 1 heterocycles. The summed E-state index contributed by atoms with van der Waals surface area (Å²) >= 11 is 6.02. The van der Waals surface area contributed by atoms with Gasteiger partial charge in [-0.25, -0.2) is 9.78 Å². The van der Waals surface area contributed by atoms with Crippen molar-refractivity contribution in [2.75, 3.05) is 6.54 Å². The molecule has 8 heteroatoms. The zero-order valence-electron chi connectivity index (χ0n) is 11.3. The molecule has 0 atom stereocenters. The number of nitrogens with one attached hydrogen (secondary N) is 1. The average Bonchev–Trinajstić information content (AvgIpc) is 2.47. The van der Waals surface area contributed by atoms with Crippen LogP contribution in [0.15, 0.2) is 36.5 Å². The van der Waals surface area contributed by atoms with Gasteiger partial charge in [-0.05, 0) is 12.0 Å². The van der Waals surface area contributed by atoms with E-state index in [1.54, 1.807) is 12.1 Å². The lowest BCUT2D eigenvalue weighted by molar-refractivity contribution is -0.385. The fraction of sp³-hybridized carbons (Fsp3) is 0.143. The van der Waals surface area contributed by atoms with Crippen LogP contribution in [-0.2, 0) is 6.42 Å². The van der Waals surface area contributed by atoms with Crippen LogP contribution in [0.4, 0.5) is 10.5 Å². The van der Waals surface area contributed by atoms with Gasteiger partial charge >= 0.3 is 6.09 Å². The van der Waals surface area contributed by atoms with Crippen LogP contribution in [-0.4, -0.2) is 27.7 Å². The highest BCUT2D eigenvalue weighted by Gasteiger charge is 2.12. The predicted octanol–water partition coefficient (Wildman–Crippen LogP) is 3.12. The molecule has 0 aliphatic carbocycles. The minimum absolute atomic E-state index is 0.162. The summed E-state index contributed by atoms with van der Waals surface area (Å²) < 4.78 is 0. The van der Waals surface area contributed by atoms with Crippen LogP contribution in [0.25, 0.3) is 11.3 Å². The summed E-state index contributed by atoms with van der Waals surface area (Å²) in [6.45, 7) is 0.325. The van der Waals surface area contributed by atoms with Gasteiger partial charge in [0.1, 0.15) is 6.20 Å². The molecule has 0 fully saturated rings. The SMILES string of the molecule is O=C(O)NCCc1ccc(-c2ncc([N+](=O)[O-])cc2Cl)cc1. The molecule has 0 bridgehead atoms. The van der Waals surface area contributed by atoms with E-state index in [0.29, 0.717) is 18.7 Å². The minimum atomic E-state index is -1.06. The van der Waals surface area contributed by atoms with E-state index in [0.717, 1.165) is 17.3 Å². The highest BCUT2D eigenvalue weighted by atomic mass is 35.5. The van der Waals surface area contributed by atoms with Crippen molar-refractivity contribution in [3.63, 3.8) is 0 Å². The molecule has 1 amide bonds. The third-order valence-electron chi connectivity index (χ3n) is 2.95. The zero-order valence-corrected chi connectivity index (χ0v) is 12.1. The zero-order chi connectivity index (χ0) is 16.1. The van der Waals surface area contributed by atoms with Crippen molar-refractivity contribution in [3.8, 4) is 11.3 Å². The lowest BCUT2D eigenvalue weighted by atomic mass is 10.1. The number of halogens is 1. The van der Waals surface area contributed by atoms with Crippen molar-refractivity contribution < 1.29 is 14.8 Å². The second-order valence-corrected chi connectivity index (χ2v) is 4.87. The first-order valence-electron chi connectivity index (χ1n) is 6.33. The Labute approximate surface area is 130 Å². The third kappa shape index (κ3) is 3.92. The van der Waals surface area contributed by atoms with Crippen LogP contribution < -0.4 is 5.32 Å². The number of rotatable bonds is 5. The summed E-state index contributed by atoms with van der Waals surface area (Å²) in [5.41, 5.74) is 1.98. The number of pyridine rings is 1. The lowest BCUT2D eigenvalue weighted by Gasteiger charge is -2.06. The molecule has 114 valence electrons. The molecule has 1 aromatic heterocycles. The van der Waals surface area contributed by atoms with Gasteiger partial charge in [0.2, 0.25) is 0 Å². The third-order valence-corrected chi connectivity index (χ3v) is 3.24. The topological polar surface area (TPSA) is 105 Å². The number of hydrogen-bond donors (Lipinski definition) is 2. The molecular weight excluding hydrogens is 310 g/mol. The highest BCUT2D eigenvalue weighted by molar-refractivity contribution is 6.33. The summed E-state index contributed by atoms with van der Waals surface area (Å²) in [5.74, 6) is 0. The summed E-state index contributed by atoms with van der Waals surface area (Å²) in [4.78, 5) is 24.5. The van der Waals surface area contributed by atoms with E-state index in [-0.39, 0.29) is 10.7 Å². The first-order valence-corrected chi connectivity index (χ1v) is 6.71. The van der Waals surface area contributed by atoms with E-state index >= 15 is 0 Å². The molecule has 2 N–H and O–H groups in total. The first kappa shape index (κ1) is 15.7. The smallest absolute Gasteiger partial charge is 0.404 e. The van der Waals surface area contributed by atoms with Crippen LogP contribution in [0.5, 0.6) is 0 Å². The number of nitro groups is 1. The molecule has 2 aromatic rings. The van der Waals surface area contributed by atoms with E-state index in [1.807, 2.05) is 12.1 Å². The molecule has 0 saturated carbocycles. The summed E-state index contributed by atoms with van der Waals surface area (Å²) in [6.07, 6.45) is 0.665. The van der Waals surface area contributed by atoms with E-state index in [4.69, 9.17) is 16.7 Å². The molecule has 0 aliphatic rings.